The Morgan fingerprint density at radius 1 is 1.03 bits per heavy atom. The molecule has 10 heteroatoms. The summed E-state index contributed by atoms with van der Waals surface area (Å²) in [6, 6.07) is 4.73. The number of nitrogens with zero attached hydrogens (tertiary/aromatic N) is 2. The molecule has 6 nitrogen and oxygen atoms in total. The monoisotopic (exact) mass is 409 g/mol. The van der Waals surface area contributed by atoms with E-state index in [-0.39, 0.29) is 5.69 Å². The summed E-state index contributed by atoms with van der Waals surface area (Å²) in [7, 11) is 0. The van der Waals surface area contributed by atoms with Gasteiger partial charge in [-0.1, -0.05) is 42.4 Å². The minimum Gasteiger partial charge on any atom is -0.275 e. The Kier molecular flexibility index (Phi) is 5.14. The third-order valence-electron chi connectivity index (χ3n) is 4.66. The highest BCUT2D eigenvalue weighted by atomic mass is 19.3. The molecule has 1 saturated heterocycles. The Hall–Kier alpha value is -3.27. The number of urea groups is 1. The van der Waals surface area contributed by atoms with Crippen LogP contribution in [0.4, 0.5) is 28.1 Å². The van der Waals surface area contributed by atoms with Crippen LogP contribution in [0.1, 0.15) is 18.9 Å². The van der Waals surface area contributed by atoms with Crippen molar-refractivity contribution in [1.82, 2.24) is 10.4 Å². The first-order chi connectivity index (χ1) is 13.7. The number of carbonyl (C=O) groups excluding carboxylic acids is 3. The Balaban J connectivity index is 2.13. The number of benzene rings is 2. The van der Waals surface area contributed by atoms with Crippen LogP contribution in [0.3, 0.4) is 0 Å². The Morgan fingerprint density at radius 2 is 1.62 bits per heavy atom. The smallest absolute Gasteiger partial charge is 0.275 e. The number of anilines is 1. The lowest BCUT2D eigenvalue weighted by molar-refractivity contribution is -0.282. The first kappa shape index (κ1) is 20.5. The summed E-state index contributed by atoms with van der Waals surface area (Å²) in [5, 5.41) is 0.458. The summed E-state index contributed by atoms with van der Waals surface area (Å²) in [5.41, 5.74) is -4.52. The number of para-hydroxylation sites is 1. The van der Waals surface area contributed by atoms with Crippen molar-refractivity contribution in [3.05, 3.63) is 66.0 Å². The average Bonchev–Trinajstić information content (AvgIpc) is 2.69. The van der Waals surface area contributed by atoms with Crippen LogP contribution in [-0.4, -0.2) is 28.5 Å². The lowest BCUT2D eigenvalue weighted by atomic mass is 9.89. The molecule has 4 amide bonds. The Bertz CT molecular complexity index is 970. The standard InChI is InChI=1S/C19H15F4N3O3/c1-2-18(26(23)19(21,22)13-10-6-7-11-14(13)20)15(27)24-17(29)25(16(18)28)12-8-4-3-5-9-12/h3-11H,2H2,1H3,(H,24,27,29). The molecule has 1 heterocycles. The molecule has 1 unspecified atom stereocenters. The largest absolute Gasteiger partial charge is 0.360 e. The highest BCUT2D eigenvalue weighted by Crippen LogP contribution is 2.42. The number of imide groups is 2. The zero-order chi connectivity index (χ0) is 21.4. The maximum absolute atomic E-state index is 15.2. The summed E-state index contributed by atoms with van der Waals surface area (Å²) in [5.74, 6) is -4.51. The number of rotatable bonds is 5. The van der Waals surface area contributed by atoms with Gasteiger partial charge in [-0.3, -0.25) is 14.9 Å². The zero-order valence-electron chi connectivity index (χ0n) is 15.0. The highest BCUT2D eigenvalue weighted by Gasteiger charge is 2.65. The minimum atomic E-state index is -4.68. The van der Waals surface area contributed by atoms with Gasteiger partial charge in [0.2, 0.25) is 5.54 Å². The number of barbiturate groups is 1. The molecule has 1 aliphatic rings. The highest BCUT2D eigenvalue weighted by molar-refractivity contribution is 6.32. The van der Waals surface area contributed by atoms with Crippen molar-refractivity contribution >= 4 is 23.5 Å². The summed E-state index contributed by atoms with van der Waals surface area (Å²) in [4.78, 5) is 38.1. The first-order valence-corrected chi connectivity index (χ1v) is 8.52. The zero-order valence-corrected chi connectivity index (χ0v) is 15.0. The molecule has 1 aliphatic heterocycles. The van der Waals surface area contributed by atoms with Gasteiger partial charge in [-0.15, -0.1) is 4.48 Å². The molecule has 29 heavy (non-hydrogen) atoms. The van der Waals surface area contributed by atoms with Gasteiger partial charge in [0.05, 0.1) is 11.3 Å². The van der Waals surface area contributed by atoms with E-state index in [0.29, 0.717) is 17.0 Å². The van der Waals surface area contributed by atoms with Crippen LogP contribution >= 0.6 is 0 Å². The van der Waals surface area contributed by atoms with Crippen molar-refractivity contribution in [2.75, 3.05) is 4.90 Å². The van der Waals surface area contributed by atoms with Crippen molar-refractivity contribution in [1.29, 1.82) is 0 Å². The molecule has 0 aliphatic carbocycles. The van der Waals surface area contributed by atoms with E-state index >= 15 is 4.48 Å². The molecule has 0 spiro atoms. The van der Waals surface area contributed by atoms with E-state index in [0.717, 1.165) is 19.1 Å². The molecule has 2 aromatic rings. The van der Waals surface area contributed by atoms with Gasteiger partial charge in [-0.05, 0) is 30.7 Å². The third kappa shape index (κ3) is 3.05. The third-order valence-corrected chi connectivity index (χ3v) is 4.66. The van der Waals surface area contributed by atoms with Gasteiger partial charge < -0.3 is 0 Å². The fourth-order valence-electron chi connectivity index (χ4n) is 3.12. The second-order valence-electron chi connectivity index (χ2n) is 6.25. The first-order valence-electron chi connectivity index (χ1n) is 8.52. The van der Waals surface area contributed by atoms with Gasteiger partial charge in [0.15, 0.2) is 0 Å². The average molecular weight is 409 g/mol. The van der Waals surface area contributed by atoms with Crippen LogP contribution in [0.25, 0.3) is 0 Å². The molecule has 0 aromatic heterocycles. The molecular formula is C19H15F4N3O3. The lowest BCUT2D eigenvalue weighted by Gasteiger charge is -2.43. The van der Waals surface area contributed by atoms with Crippen LogP contribution < -0.4 is 10.2 Å². The number of hydrogen-bond acceptors (Lipinski definition) is 4. The van der Waals surface area contributed by atoms with E-state index in [4.69, 9.17) is 0 Å². The fourth-order valence-corrected chi connectivity index (χ4v) is 3.12. The van der Waals surface area contributed by atoms with Crippen molar-refractivity contribution in [2.24, 2.45) is 0 Å². The van der Waals surface area contributed by atoms with Crippen LogP contribution in [-0.2, 0) is 15.6 Å². The van der Waals surface area contributed by atoms with Gasteiger partial charge in [0.1, 0.15) is 5.82 Å². The summed E-state index contributed by atoms with van der Waals surface area (Å²) in [6.45, 7) is 1.13. The molecule has 0 bridgehead atoms. The molecule has 152 valence electrons. The number of nitrogens with one attached hydrogen (secondary N) is 1. The van der Waals surface area contributed by atoms with Gasteiger partial charge in [0.25, 0.3) is 11.8 Å². The maximum Gasteiger partial charge on any atom is 0.360 e. The molecule has 3 rings (SSSR count). The number of hydrogen-bond donors (Lipinski definition) is 1. The molecule has 1 fully saturated rings. The van der Waals surface area contributed by atoms with Crippen LogP contribution in [0.2, 0.25) is 0 Å². The van der Waals surface area contributed by atoms with Gasteiger partial charge >= 0.3 is 12.1 Å². The Labute approximate surface area is 162 Å². The lowest BCUT2D eigenvalue weighted by Crippen LogP contribution is -2.74. The Morgan fingerprint density at radius 3 is 2.21 bits per heavy atom. The van der Waals surface area contributed by atoms with Crippen molar-refractivity contribution in [3.63, 3.8) is 0 Å². The van der Waals surface area contributed by atoms with E-state index in [2.05, 4.69) is 0 Å². The van der Waals surface area contributed by atoms with Crippen LogP contribution in [0.5, 0.6) is 0 Å². The number of amides is 4. The van der Waals surface area contributed by atoms with E-state index < -0.39 is 52.4 Å². The second-order valence-corrected chi connectivity index (χ2v) is 6.25. The molecule has 0 radical (unpaired) electrons. The van der Waals surface area contributed by atoms with E-state index in [1.807, 2.05) is 0 Å². The van der Waals surface area contributed by atoms with Gasteiger partial charge in [0, 0.05) is 0 Å². The quantitative estimate of drug-likeness (QED) is 0.355. The summed E-state index contributed by atoms with van der Waals surface area (Å²) in [6.07, 6.45) is -0.755. The maximum atomic E-state index is 15.2. The normalized spacial score (nSPS) is 20.2. The van der Waals surface area contributed by atoms with Gasteiger partial charge in [-0.2, -0.15) is 8.78 Å². The molecule has 1 atom stereocenters. The fraction of sp³-hybridized carbons (Fsp3) is 0.211. The number of halogens is 4. The number of carbonyl (C=O) groups is 3. The molecule has 0 saturated carbocycles. The van der Waals surface area contributed by atoms with Crippen molar-refractivity contribution < 1.29 is 32.0 Å². The van der Waals surface area contributed by atoms with Crippen molar-refractivity contribution in [2.45, 2.75) is 24.9 Å². The molecule has 1 N–H and O–H groups in total. The van der Waals surface area contributed by atoms with Crippen LogP contribution in [0, 0.1) is 5.82 Å². The molecular weight excluding hydrogens is 394 g/mol. The van der Waals surface area contributed by atoms with E-state index in [1.165, 1.54) is 24.3 Å². The van der Waals surface area contributed by atoms with Crippen LogP contribution in [0.15, 0.2) is 54.6 Å². The topological polar surface area (TPSA) is 69.7 Å². The minimum absolute atomic E-state index is 0.0528. The van der Waals surface area contributed by atoms with E-state index in [9.17, 15) is 27.6 Å². The second kappa shape index (κ2) is 7.28. The number of alkyl halides is 2. The predicted octanol–water partition coefficient (Wildman–Crippen LogP) is 3.49. The molecule has 2 aromatic carbocycles. The SMILES string of the molecule is CCC1(N(F)C(F)(F)c2ccccc2F)C(=O)NC(=O)N(c2ccccc2)C1=O. The summed E-state index contributed by atoms with van der Waals surface area (Å²) >= 11 is 0. The van der Waals surface area contributed by atoms with Crippen molar-refractivity contribution in [3.8, 4) is 0 Å². The predicted molar refractivity (Wildman–Crippen MR) is 93.7 cm³/mol. The van der Waals surface area contributed by atoms with E-state index in [1.54, 1.807) is 11.4 Å². The van der Waals surface area contributed by atoms with Gasteiger partial charge in [-0.25, -0.2) is 14.1 Å². The summed E-state index contributed by atoms with van der Waals surface area (Å²) < 4.78 is 58.9.